The second-order valence-corrected chi connectivity index (χ2v) is 5.39. The van der Waals surface area contributed by atoms with Crippen molar-refractivity contribution in [1.82, 2.24) is 4.98 Å². The third kappa shape index (κ3) is 2.87. The Morgan fingerprint density at radius 3 is 2.71 bits per heavy atom. The van der Waals surface area contributed by atoms with E-state index in [1.165, 1.54) is 0 Å². The molecule has 0 saturated carbocycles. The summed E-state index contributed by atoms with van der Waals surface area (Å²) in [7, 11) is 0. The highest BCUT2D eigenvalue weighted by atomic mass is 32.1. The highest BCUT2D eigenvalue weighted by molar-refractivity contribution is 7.07. The van der Waals surface area contributed by atoms with E-state index in [1.54, 1.807) is 17.4 Å². The molecular weight excluding hydrogens is 284 g/mol. The Kier molecular flexibility index (Phi) is 3.83. The van der Waals surface area contributed by atoms with Crippen LogP contribution in [0.4, 0.5) is 5.69 Å². The molecule has 1 aromatic heterocycles. The SMILES string of the molecule is O=C(O)c1ccc(NCCc2cscn2)c2ccccc12. The minimum absolute atomic E-state index is 0.329. The highest BCUT2D eigenvalue weighted by Gasteiger charge is 2.10. The second kappa shape index (κ2) is 5.93. The summed E-state index contributed by atoms with van der Waals surface area (Å²) in [5, 5.41) is 16.3. The van der Waals surface area contributed by atoms with Crippen molar-refractivity contribution in [1.29, 1.82) is 0 Å². The summed E-state index contributed by atoms with van der Waals surface area (Å²) in [4.78, 5) is 15.5. The summed E-state index contributed by atoms with van der Waals surface area (Å²) in [6.07, 6.45) is 0.846. The average Bonchev–Trinajstić information content (AvgIpc) is 3.00. The number of carboxylic acids is 1. The van der Waals surface area contributed by atoms with Gasteiger partial charge in [0.05, 0.1) is 16.8 Å². The van der Waals surface area contributed by atoms with E-state index in [4.69, 9.17) is 0 Å². The van der Waals surface area contributed by atoms with Gasteiger partial charge in [0.1, 0.15) is 0 Å². The first-order valence-electron chi connectivity index (χ1n) is 6.61. The largest absolute Gasteiger partial charge is 0.478 e. The quantitative estimate of drug-likeness (QED) is 0.754. The lowest BCUT2D eigenvalue weighted by molar-refractivity contribution is 0.0699. The van der Waals surface area contributed by atoms with Gasteiger partial charge in [-0.1, -0.05) is 24.3 Å². The molecule has 5 heteroatoms. The van der Waals surface area contributed by atoms with E-state index >= 15 is 0 Å². The topological polar surface area (TPSA) is 62.2 Å². The fraction of sp³-hybridized carbons (Fsp3) is 0.125. The summed E-state index contributed by atoms with van der Waals surface area (Å²) in [6.45, 7) is 0.764. The number of carboxylic acid groups (broad SMARTS) is 1. The zero-order chi connectivity index (χ0) is 14.7. The van der Waals surface area contributed by atoms with E-state index in [9.17, 15) is 9.90 Å². The average molecular weight is 298 g/mol. The molecule has 0 saturated heterocycles. The zero-order valence-electron chi connectivity index (χ0n) is 11.2. The lowest BCUT2D eigenvalue weighted by atomic mass is 10.0. The molecule has 0 aliphatic rings. The summed E-state index contributed by atoms with van der Waals surface area (Å²) < 4.78 is 0. The van der Waals surface area contributed by atoms with Crippen molar-refractivity contribution in [3.63, 3.8) is 0 Å². The van der Waals surface area contributed by atoms with Crippen molar-refractivity contribution in [2.75, 3.05) is 11.9 Å². The number of nitrogens with zero attached hydrogens (tertiary/aromatic N) is 1. The number of rotatable bonds is 5. The Morgan fingerprint density at radius 2 is 2.00 bits per heavy atom. The molecule has 2 aromatic carbocycles. The molecule has 0 aliphatic carbocycles. The van der Waals surface area contributed by atoms with Crippen LogP contribution in [0, 0.1) is 0 Å². The molecule has 1 heterocycles. The van der Waals surface area contributed by atoms with Crippen molar-refractivity contribution in [2.24, 2.45) is 0 Å². The molecule has 2 N–H and O–H groups in total. The number of anilines is 1. The number of hydrogen-bond donors (Lipinski definition) is 2. The molecule has 21 heavy (non-hydrogen) atoms. The van der Waals surface area contributed by atoms with E-state index in [0.29, 0.717) is 5.56 Å². The number of carbonyl (C=O) groups is 1. The number of hydrogen-bond acceptors (Lipinski definition) is 4. The van der Waals surface area contributed by atoms with Gasteiger partial charge in [0.15, 0.2) is 0 Å². The fourth-order valence-electron chi connectivity index (χ4n) is 2.33. The highest BCUT2D eigenvalue weighted by Crippen LogP contribution is 2.26. The molecule has 3 rings (SSSR count). The number of aromatic nitrogens is 1. The van der Waals surface area contributed by atoms with Gasteiger partial charge in [-0.25, -0.2) is 9.78 Å². The molecule has 0 atom stereocenters. The van der Waals surface area contributed by atoms with Gasteiger partial charge in [-0.3, -0.25) is 0 Å². The van der Waals surface area contributed by atoms with Gasteiger partial charge in [-0.2, -0.15) is 0 Å². The summed E-state index contributed by atoms with van der Waals surface area (Å²) in [5.74, 6) is -0.903. The maximum atomic E-state index is 11.3. The first kappa shape index (κ1) is 13.6. The molecular formula is C16H14N2O2S. The number of benzene rings is 2. The fourth-order valence-corrected chi connectivity index (χ4v) is 2.92. The van der Waals surface area contributed by atoms with Crippen LogP contribution in [-0.2, 0) is 6.42 Å². The van der Waals surface area contributed by atoms with Gasteiger partial charge >= 0.3 is 5.97 Å². The van der Waals surface area contributed by atoms with E-state index < -0.39 is 5.97 Å². The summed E-state index contributed by atoms with van der Waals surface area (Å²) in [6, 6.07) is 11.0. The minimum atomic E-state index is -0.903. The lowest BCUT2D eigenvalue weighted by Gasteiger charge is -2.11. The Bertz CT molecular complexity index is 769. The number of fused-ring (bicyclic) bond motifs is 1. The Morgan fingerprint density at radius 1 is 1.19 bits per heavy atom. The first-order chi connectivity index (χ1) is 10.3. The van der Waals surface area contributed by atoms with Crippen LogP contribution in [0.15, 0.2) is 47.3 Å². The standard InChI is InChI=1S/C16H14N2O2S/c19-16(20)14-5-6-15(13-4-2-1-3-12(13)14)17-8-7-11-9-21-10-18-11/h1-6,9-10,17H,7-8H2,(H,19,20). The number of aromatic carboxylic acids is 1. The Hall–Kier alpha value is -2.40. The Balaban J connectivity index is 1.85. The van der Waals surface area contributed by atoms with Crippen LogP contribution in [0.1, 0.15) is 16.1 Å². The van der Waals surface area contributed by atoms with Crippen LogP contribution in [-0.4, -0.2) is 22.6 Å². The van der Waals surface area contributed by atoms with Crippen molar-refractivity contribution in [2.45, 2.75) is 6.42 Å². The van der Waals surface area contributed by atoms with Crippen LogP contribution in [0.25, 0.3) is 10.8 Å². The molecule has 0 aliphatic heterocycles. The van der Waals surface area contributed by atoms with Gasteiger partial charge in [0.25, 0.3) is 0 Å². The van der Waals surface area contributed by atoms with Gasteiger partial charge in [-0.05, 0) is 17.5 Å². The van der Waals surface area contributed by atoms with E-state index in [2.05, 4.69) is 10.3 Å². The smallest absolute Gasteiger partial charge is 0.336 e. The third-order valence-corrected chi connectivity index (χ3v) is 3.97. The van der Waals surface area contributed by atoms with E-state index in [0.717, 1.165) is 35.1 Å². The van der Waals surface area contributed by atoms with Gasteiger partial charge < -0.3 is 10.4 Å². The van der Waals surface area contributed by atoms with Crippen LogP contribution in [0.2, 0.25) is 0 Å². The van der Waals surface area contributed by atoms with E-state index in [-0.39, 0.29) is 0 Å². The van der Waals surface area contributed by atoms with Crippen molar-refractivity contribution >= 4 is 33.8 Å². The maximum absolute atomic E-state index is 11.3. The number of thiazole rings is 1. The molecule has 3 aromatic rings. The summed E-state index contributed by atoms with van der Waals surface area (Å²) in [5.41, 5.74) is 4.17. The third-order valence-electron chi connectivity index (χ3n) is 3.33. The predicted molar refractivity (Wildman–Crippen MR) is 85.2 cm³/mol. The van der Waals surface area contributed by atoms with Gasteiger partial charge in [0.2, 0.25) is 0 Å². The predicted octanol–water partition coefficient (Wildman–Crippen LogP) is 3.65. The van der Waals surface area contributed by atoms with Crippen LogP contribution in [0.5, 0.6) is 0 Å². The van der Waals surface area contributed by atoms with Crippen LogP contribution >= 0.6 is 11.3 Å². The molecule has 106 valence electrons. The second-order valence-electron chi connectivity index (χ2n) is 4.67. The molecule has 0 spiro atoms. The molecule has 0 bridgehead atoms. The normalized spacial score (nSPS) is 10.7. The monoisotopic (exact) mass is 298 g/mol. The number of nitrogens with one attached hydrogen (secondary N) is 1. The minimum Gasteiger partial charge on any atom is -0.478 e. The van der Waals surface area contributed by atoms with Crippen LogP contribution < -0.4 is 5.32 Å². The molecule has 4 nitrogen and oxygen atoms in total. The first-order valence-corrected chi connectivity index (χ1v) is 7.56. The van der Waals surface area contributed by atoms with Crippen molar-refractivity contribution in [3.05, 3.63) is 58.5 Å². The Labute approximate surface area is 126 Å². The molecule has 0 unspecified atom stereocenters. The van der Waals surface area contributed by atoms with Crippen molar-refractivity contribution in [3.8, 4) is 0 Å². The van der Waals surface area contributed by atoms with Crippen molar-refractivity contribution < 1.29 is 9.90 Å². The van der Waals surface area contributed by atoms with Gasteiger partial charge in [0, 0.05) is 29.4 Å². The molecule has 0 radical (unpaired) electrons. The zero-order valence-corrected chi connectivity index (χ0v) is 12.1. The van der Waals surface area contributed by atoms with Gasteiger partial charge in [-0.15, -0.1) is 11.3 Å². The maximum Gasteiger partial charge on any atom is 0.336 e. The van der Waals surface area contributed by atoms with E-state index in [1.807, 2.05) is 41.2 Å². The lowest BCUT2D eigenvalue weighted by Crippen LogP contribution is -2.06. The van der Waals surface area contributed by atoms with Crippen LogP contribution in [0.3, 0.4) is 0 Å². The summed E-state index contributed by atoms with van der Waals surface area (Å²) >= 11 is 1.59. The molecule has 0 fully saturated rings. The molecule has 0 amide bonds.